The second-order valence-corrected chi connectivity index (χ2v) is 5.98. The van der Waals surface area contributed by atoms with E-state index in [0.29, 0.717) is 11.7 Å². The topological polar surface area (TPSA) is 51.8 Å². The smallest absolute Gasteiger partial charge is 0.162 e. The summed E-state index contributed by atoms with van der Waals surface area (Å²) in [6, 6.07) is 3.97. The van der Waals surface area contributed by atoms with Gasteiger partial charge in [0.15, 0.2) is 5.82 Å². The highest BCUT2D eigenvalue weighted by atomic mass is 32.1. The van der Waals surface area contributed by atoms with E-state index in [0.717, 1.165) is 17.1 Å². The number of anilines is 1. The van der Waals surface area contributed by atoms with Gasteiger partial charge in [-0.25, -0.2) is 9.97 Å². The zero-order valence-electron chi connectivity index (χ0n) is 10.6. The molecule has 0 saturated carbocycles. The van der Waals surface area contributed by atoms with Crippen molar-refractivity contribution in [1.82, 2.24) is 9.97 Å². The molecular formula is C13H17N3S. The number of aryl methyl sites for hydroxylation is 2. The summed E-state index contributed by atoms with van der Waals surface area (Å²) in [6.07, 6.45) is 0. The van der Waals surface area contributed by atoms with Crippen molar-refractivity contribution in [2.75, 3.05) is 5.73 Å². The number of nitrogens with two attached hydrogens (primary N) is 1. The van der Waals surface area contributed by atoms with Crippen LogP contribution in [-0.2, 0) is 0 Å². The third-order valence-corrected chi connectivity index (χ3v) is 3.61. The maximum absolute atomic E-state index is 5.84. The van der Waals surface area contributed by atoms with E-state index in [9.17, 15) is 0 Å². The molecule has 2 N–H and O–H groups in total. The predicted molar refractivity (Wildman–Crippen MR) is 73.3 cm³/mol. The molecule has 0 unspecified atom stereocenters. The lowest BCUT2D eigenvalue weighted by Gasteiger charge is -2.07. The maximum Gasteiger partial charge on any atom is 0.162 e. The molecule has 0 atom stereocenters. The number of nitrogens with zero attached hydrogens (tertiary/aromatic N) is 2. The Bertz CT molecular complexity index is 544. The zero-order valence-corrected chi connectivity index (χ0v) is 11.4. The van der Waals surface area contributed by atoms with Crippen LogP contribution in [0.5, 0.6) is 0 Å². The summed E-state index contributed by atoms with van der Waals surface area (Å²) < 4.78 is 0. The molecule has 2 aromatic heterocycles. The second kappa shape index (κ2) is 4.45. The van der Waals surface area contributed by atoms with E-state index in [2.05, 4.69) is 43.7 Å². The molecule has 0 fully saturated rings. The summed E-state index contributed by atoms with van der Waals surface area (Å²) in [5.41, 5.74) is 7.94. The Morgan fingerprint density at radius 3 is 2.41 bits per heavy atom. The molecule has 0 aliphatic carbocycles. The largest absolute Gasteiger partial charge is 0.384 e. The SMILES string of the molecule is Cc1cc(-c2nc(N)cc(C(C)C)n2)c(C)s1. The minimum atomic E-state index is 0.360. The summed E-state index contributed by atoms with van der Waals surface area (Å²) in [6.45, 7) is 8.40. The van der Waals surface area contributed by atoms with Gasteiger partial charge in [-0.05, 0) is 25.8 Å². The van der Waals surface area contributed by atoms with Crippen LogP contribution < -0.4 is 5.73 Å². The highest BCUT2D eigenvalue weighted by Crippen LogP contribution is 2.29. The van der Waals surface area contributed by atoms with Gasteiger partial charge in [-0.2, -0.15) is 0 Å². The van der Waals surface area contributed by atoms with Crippen LogP contribution in [-0.4, -0.2) is 9.97 Å². The number of rotatable bonds is 2. The normalized spacial score (nSPS) is 11.1. The molecule has 2 heterocycles. The molecule has 0 amide bonds. The van der Waals surface area contributed by atoms with Crippen molar-refractivity contribution >= 4 is 17.2 Å². The molecule has 0 aromatic carbocycles. The van der Waals surface area contributed by atoms with Gasteiger partial charge < -0.3 is 5.73 Å². The van der Waals surface area contributed by atoms with Gasteiger partial charge in [0.2, 0.25) is 0 Å². The fourth-order valence-corrected chi connectivity index (χ4v) is 2.67. The standard InChI is InChI=1S/C13H17N3S/c1-7(2)11-6-12(14)16-13(15-11)10-5-8(3)17-9(10)4/h5-7H,1-4H3,(H2,14,15,16). The van der Waals surface area contributed by atoms with Gasteiger partial charge >= 0.3 is 0 Å². The summed E-state index contributed by atoms with van der Waals surface area (Å²) >= 11 is 1.76. The first-order valence-electron chi connectivity index (χ1n) is 5.69. The van der Waals surface area contributed by atoms with Crippen LogP contribution in [0.25, 0.3) is 11.4 Å². The lowest BCUT2D eigenvalue weighted by atomic mass is 10.1. The van der Waals surface area contributed by atoms with Crippen LogP contribution in [0.1, 0.15) is 35.2 Å². The Balaban J connectivity index is 2.55. The fourth-order valence-electron chi connectivity index (χ4n) is 1.75. The predicted octanol–water partition coefficient (Wildman–Crippen LogP) is 3.53. The van der Waals surface area contributed by atoms with Crippen LogP contribution in [0.15, 0.2) is 12.1 Å². The number of thiophene rings is 1. The molecule has 2 rings (SSSR count). The Kier molecular flexibility index (Phi) is 3.15. The van der Waals surface area contributed by atoms with Gasteiger partial charge in [0.1, 0.15) is 5.82 Å². The summed E-state index contributed by atoms with van der Waals surface area (Å²) in [5, 5.41) is 0. The maximum atomic E-state index is 5.84. The number of aromatic nitrogens is 2. The van der Waals surface area contributed by atoms with Crippen LogP contribution in [0.4, 0.5) is 5.82 Å². The van der Waals surface area contributed by atoms with Crippen molar-refractivity contribution in [3.05, 3.63) is 27.6 Å². The lowest BCUT2D eigenvalue weighted by molar-refractivity contribution is 0.818. The van der Waals surface area contributed by atoms with Crippen LogP contribution in [0.2, 0.25) is 0 Å². The van der Waals surface area contributed by atoms with Gasteiger partial charge in [-0.1, -0.05) is 13.8 Å². The molecule has 90 valence electrons. The molecule has 3 nitrogen and oxygen atoms in total. The Morgan fingerprint density at radius 2 is 1.88 bits per heavy atom. The first-order valence-corrected chi connectivity index (χ1v) is 6.51. The molecular weight excluding hydrogens is 230 g/mol. The number of hydrogen-bond donors (Lipinski definition) is 1. The molecule has 4 heteroatoms. The van der Waals surface area contributed by atoms with Gasteiger partial charge in [0.25, 0.3) is 0 Å². The Morgan fingerprint density at radius 1 is 1.18 bits per heavy atom. The van der Waals surface area contributed by atoms with Crippen molar-refractivity contribution in [3.8, 4) is 11.4 Å². The Labute approximate surface area is 106 Å². The summed E-state index contributed by atoms with van der Waals surface area (Å²) in [5.74, 6) is 1.65. The van der Waals surface area contributed by atoms with E-state index >= 15 is 0 Å². The van der Waals surface area contributed by atoms with E-state index in [1.54, 1.807) is 11.3 Å². The average molecular weight is 247 g/mol. The van der Waals surface area contributed by atoms with Gasteiger partial charge in [-0.15, -0.1) is 11.3 Å². The first kappa shape index (κ1) is 12.0. The van der Waals surface area contributed by atoms with Gasteiger partial charge in [0.05, 0.1) is 0 Å². The lowest BCUT2D eigenvalue weighted by Crippen LogP contribution is -2.01. The molecule has 0 aliphatic rings. The number of hydrogen-bond acceptors (Lipinski definition) is 4. The molecule has 17 heavy (non-hydrogen) atoms. The molecule has 2 aromatic rings. The van der Waals surface area contributed by atoms with Crippen LogP contribution in [0.3, 0.4) is 0 Å². The monoisotopic (exact) mass is 247 g/mol. The summed E-state index contributed by atoms with van der Waals surface area (Å²) in [4.78, 5) is 11.4. The minimum absolute atomic E-state index is 0.360. The molecule has 0 radical (unpaired) electrons. The fraction of sp³-hybridized carbons (Fsp3) is 0.385. The van der Waals surface area contributed by atoms with Crippen molar-refractivity contribution in [2.45, 2.75) is 33.6 Å². The molecule has 0 bridgehead atoms. The van der Waals surface area contributed by atoms with E-state index in [1.807, 2.05) is 6.07 Å². The first-order chi connectivity index (χ1) is 7.97. The average Bonchev–Trinajstić information content (AvgIpc) is 2.57. The quantitative estimate of drug-likeness (QED) is 0.883. The summed E-state index contributed by atoms with van der Waals surface area (Å²) in [7, 11) is 0. The third kappa shape index (κ3) is 2.47. The van der Waals surface area contributed by atoms with Crippen molar-refractivity contribution in [1.29, 1.82) is 0 Å². The zero-order chi connectivity index (χ0) is 12.6. The molecule has 0 saturated heterocycles. The van der Waals surface area contributed by atoms with Crippen LogP contribution >= 0.6 is 11.3 Å². The highest BCUT2D eigenvalue weighted by molar-refractivity contribution is 7.12. The van der Waals surface area contributed by atoms with E-state index in [4.69, 9.17) is 5.73 Å². The van der Waals surface area contributed by atoms with Gasteiger partial charge in [-0.3, -0.25) is 0 Å². The Hall–Kier alpha value is -1.42. The molecule has 0 aliphatic heterocycles. The van der Waals surface area contributed by atoms with Crippen molar-refractivity contribution in [2.24, 2.45) is 0 Å². The molecule has 0 spiro atoms. The van der Waals surface area contributed by atoms with Crippen molar-refractivity contribution in [3.63, 3.8) is 0 Å². The third-order valence-electron chi connectivity index (χ3n) is 2.64. The van der Waals surface area contributed by atoms with E-state index in [1.165, 1.54) is 9.75 Å². The second-order valence-electron chi connectivity index (χ2n) is 4.52. The van der Waals surface area contributed by atoms with Crippen molar-refractivity contribution < 1.29 is 0 Å². The van der Waals surface area contributed by atoms with E-state index in [-0.39, 0.29) is 0 Å². The van der Waals surface area contributed by atoms with E-state index < -0.39 is 0 Å². The van der Waals surface area contributed by atoms with Crippen LogP contribution in [0, 0.1) is 13.8 Å². The van der Waals surface area contributed by atoms with Gasteiger partial charge in [0, 0.05) is 27.1 Å². The minimum Gasteiger partial charge on any atom is -0.384 e. The highest BCUT2D eigenvalue weighted by Gasteiger charge is 2.12. The number of nitrogen functional groups attached to an aromatic ring is 1.